The summed E-state index contributed by atoms with van der Waals surface area (Å²) in [6, 6.07) is 11.5. The molecule has 86 valence electrons. The number of fused-ring (bicyclic) bond motifs is 1. The van der Waals surface area contributed by atoms with Gasteiger partial charge in [0.25, 0.3) is 0 Å². The van der Waals surface area contributed by atoms with Crippen LogP contribution in [0.1, 0.15) is 11.7 Å². The van der Waals surface area contributed by atoms with Crippen LogP contribution in [0.5, 0.6) is 5.75 Å². The summed E-state index contributed by atoms with van der Waals surface area (Å²) in [4.78, 5) is 0. The lowest BCUT2D eigenvalue weighted by molar-refractivity contribution is 0.450. The maximum absolute atomic E-state index is 10.0. The third-order valence-electron chi connectivity index (χ3n) is 2.84. The van der Waals surface area contributed by atoms with Crippen LogP contribution in [0.25, 0.3) is 10.8 Å². The lowest BCUT2D eigenvalue weighted by Gasteiger charge is -2.15. The Morgan fingerprint density at radius 2 is 1.94 bits per heavy atom. The molecule has 2 aromatic carbocycles. The smallest absolute Gasteiger partial charge is 0.182 e. The average molecular weight is 245 g/mol. The fourth-order valence-corrected chi connectivity index (χ4v) is 2.25. The van der Waals surface area contributed by atoms with Crippen molar-refractivity contribution in [2.45, 2.75) is 6.17 Å². The number of hydrogen-bond acceptors (Lipinski definition) is 3. The minimum atomic E-state index is -0.214. The van der Waals surface area contributed by atoms with Crippen LogP contribution in [0.3, 0.4) is 0 Å². The fourth-order valence-electron chi connectivity index (χ4n) is 2.07. The van der Waals surface area contributed by atoms with Crippen molar-refractivity contribution >= 4 is 28.1 Å². The molecule has 0 radical (unpaired) electrons. The van der Waals surface area contributed by atoms with Gasteiger partial charge < -0.3 is 10.4 Å². The molecule has 1 atom stereocenters. The highest BCUT2D eigenvalue weighted by molar-refractivity contribution is 7.80. The highest BCUT2D eigenvalue weighted by Crippen LogP contribution is 2.31. The zero-order valence-corrected chi connectivity index (χ0v) is 9.71. The molecule has 0 bridgehead atoms. The van der Waals surface area contributed by atoms with E-state index in [0.717, 1.165) is 16.3 Å². The summed E-state index contributed by atoms with van der Waals surface area (Å²) < 4.78 is 0. The Bertz CT molecular complexity index is 599. The number of nitrogens with one attached hydrogen (secondary N) is 3. The summed E-state index contributed by atoms with van der Waals surface area (Å²) in [6.07, 6.45) is -0.214. The number of aromatic hydroxyl groups is 1. The van der Waals surface area contributed by atoms with Gasteiger partial charge in [0, 0.05) is 5.56 Å². The molecular weight excluding hydrogens is 234 g/mol. The highest BCUT2D eigenvalue weighted by atomic mass is 32.1. The van der Waals surface area contributed by atoms with Crippen molar-refractivity contribution in [3.8, 4) is 5.75 Å². The monoisotopic (exact) mass is 245 g/mol. The molecule has 1 aliphatic heterocycles. The first kappa shape index (κ1) is 10.3. The van der Waals surface area contributed by atoms with E-state index in [1.54, 1.807) is 6.07 Å². The maximum Gasteiger partial charge on any atom is 0.182 e. The Labute approximate surface area is 104 Å². The summed E-state index contributed by atoms with van der Waals surface area (Å²) in [7, 11) is 0. The largest absolute Gasteiger partial charge is 0.508 e. The second-order valence-electron chi connectivity index (χ2n) is 3.90. The first-order chi connectivity index (χ1) is 8.25. The number of rotatable bonds is 1. The van der Waals surface area contributed by atoms with Crippen molar-refractivity contribution in [1.29, 1.82) is 0 Å². The van der Waals surface area contributed by atoms with Crippen LogP contribution in [0.15, 0.2) is 36.4 Å². The summed E-state index contributed by atoms with van der Waals surface area (Å²) in [6.45, 7) is 0. The van der Waals surface area contributed by atoms with Gasteiger partial charge in [-0.15, -0.1) is 0 Å². The minimum absolute atomic E-state index is 0.214. The molecule has 1 unspecified atom stereocenters. The normalized spacial score (nSPS) is 19.1. The van der Waals surface area contributed by atoms with E-state index in [1.165, 1.54) is 0 Å². The molecule has 1 heterocycles. The lowest BCUT2D eigenvalue weighted by atomic mass is 10.0. The highest BCUT2D eigenvalue weighted by Gasteiger charge is 2.23. The lowest BCUT2D eigenvalue weighted by Crippen LogP contribution is -2.26. The van der Waals surface area contributed by atoms with Crippen LogP contribution in [0, 0.1) is 0 Å². The van der Waals surface area contributed by atoms with E-state index in [0.29, 0.717) is 5.11 Å². The molecule has 2 aromatic rings. The van der Waals surface area contributed by atoms with Gasteiger partial charge in [0.15, 0.2) is 5.11 Å². The molecular formula is C12H11N3OS. The molecule has 3 rings (SSSR count). The van der Waals surface area contributed by atoms with Crippen molar-refractivity contribution < 1.29 is 5.11 Å². The predicted molar refractivity (Wildman–Crippen MR) is 70.4 cm³/mol. The summed E-state index contributed by atoms with van der Waals surface area (Å²) in [5.41, 5.74) is 6.61. The Morgan fingerprint density at radius 3 is 2.71 bits per heavy atom. The van der Waals surface area contributed by atoms with Crippen LogP contribution in [0.4, 0.5) is 0 Å². The molecule has 1 saturated heterocycles. The maximum atomic E-state index is 10.0. The van der Waals surface area contributed by atoms with Gasteiger partial charge in [-0.1, -0.05) is 30.3 Å². The minimum Gasteiger partial charge on any atom is -0.508 e. The second kappa shape index (κ2) is 3.87. The molecule has 5 heteroatoms. The number of hydrogen-bond donors (Lipinski definition) is 4. The van der Waals surface area contributed by atoms with Crippen LogP contribution >= 0.6 is 12.2 Å². The molecule has 0 saturated carbocycles. The molecule has 0 aromatic heterocycles. The van der Waals surface area contributed by atoms with Gasteiger partial charge in [0.1, 0.15) is 11.9 Å². The van der Waals surface area contributed by atoms with Crippen LogP contribution < -0.4 is 16.2 Å². The van der Waals surface area contributed by atoms with E-state index in [1.807, 2.05) is 30.3 Å². The topological polar surface area (TPSA) is 56.3 Å². The molecule has 1 aliphatic rings. The summed E-state index contributed by atoms with van der Waals surface area (Å²) in [5, 5.41) is 15.7. The summed E-state index contributed by atoms with van der Waals surface area (Å²) in [5.74, 6) is 0.250. The zero-order chi connectivity index (χ0) is 11.8. The molecule has 4 nitrogen and oxygen atoms in total. The third kappa shape index (κ3) is 1.69. The first-order valence-corrected chi connectivity index (χ1v) is 5.69. The van der Waals surface area contributed by atoms with Crippen molar-refractivity contribution in [2.75, 3.05) is 0 Å². The fraction of sp³-hybridized carbons (Fsp3) is 0.0833. The Kier molecular flexibility index (Phi) is 2.35. The number of hydrazine groups is 1. The Balaban J connectivity index is 2.20. The number of benzene rings is 2. The quantitative estimate of drug-likeness (QED) is 0.574. The van der Waals surface area contributed by atoms with Gasteiger partial charge >= 0.3 is 0 Å². The van der Waals surface area contributed by atoms with E-state index in [2.05, 4.69) is 16.2 Å². The van der Waals surface area contributed by atoms with Crippen molar-refractivity contribution in [3.63, 3.8) is 0 Å². The van der Waals surface area contributed by atoms with E-state index >= 15 is 0 Å². The summed E-state index contributed by atoms with van der Waals surface area (Å²) >= 11 is 5.00. The zero-order valence-electron chi connectivity index (χ0n) is 8.90. The van der Waals surface area contributed by atoms with Gasteiger partial charge in [-0.05, 0) is 29.1 Å². The third-order valence-corrected chi connectivity index (χ3v) is 3.06. The standard InChI is InChI=1S/C12H11N3OS/c16-9-6-5-7-3-1-2-4-8(7)10(9)11-13-12(17)15-14-11/h1-6,11,14,16H,(H2,13,15,17). The Morgan fingerprint density at radius 1 is 1.12 bits per heavy atom. The second-order valence-corrected chi connectivity index (χ2v) is 4.30. The molecule has 4 N–H and O–H groups in total. The molecule has 0 aliphatic carbocycles. The molecule has 17 heavy (non-hydrogen) atoms. The molecule has 0 spiro atoms. The van der Waals surface area contributed by atoms with Gasteiger partial charge in [0.2, 0.25) is 0 Å². The van der Waals surface area contributed by atoms with E-state index in [4.69, 9.17) is 12.2 Å². The molecule has 1 fully saturated rings. The van der Waals surface area contributed by atoms with Crippen molar-refractivity contribution in [2.24, 2.45) is 0 Å². The van der Waals surface area contributed by atoms with Crippen LogP contribution in [-0.4, -0.2) is 10.2 Å². The number of phenolic OH excluding ortho intramolecular Hbond substituents is 1. The first-order valence-electron chi connectivity index (χ1n) is 5.28. The van der Waals surface area contributed by atoms with Crippen molar-refractivity contribution in [3.05, 3.63) is 42.0 Å². The van der Waals surface area contributed by atoms with E-state index < -0.39 is 0 Å². The Hall–Kier alpha value is -1.85. The number of phenols is 1. The van der Waals surface area contributed by atoms with Gasteiger partial charge in [-0.2, -0.15) is 0 Å². The van der Waals surface area contributed by atoms with Crippen LogP contribution in [-0.2, 0) is 0 Å². The number of thiocarbonyl (C=S) groups is 1. The predicted octanol–water partition coefficient (Wildman–Crippen LogP) is 1.53. The average Bonchev–Trinajstić information content (AvgIpc) is 2.75. The van der Waals surface area contributed by atoms with Crippen LogP contribution in [0.2, 0.25) is 0 Å². The van der Waals surface area contributed by atoms with E-state index in [9.17, 15) is 5.11 Å². The van der Waals surface area contributed by atoms with Gasteiger partial charge in [0.05, 0.1) is 0 Å². The SMILES string of the molecule is Oc1ccc2ccccc2c1C1NNC(=S)N1. The van der Waals surface area contributed by atoms with Gasteiger partial charge in [-0.25, -0.2) is 5.43 Å². The molecule has 0 amide bonds. The van der Waals surface area contributed by atoms with E-state index in [-0.39, 0.29) is 11.9 Å². The van der Waals surface area contributed by atoms with Gasteiger partial charge in [-0.3, -0.25) is 5.43 Å². The van der Waals surface area contributed by atoms with Crippen molar-refractivity contribution in [1.82, 2.24) is 16.2 Å².